The van der Waals surface area contributed by atoms with Gasteiger partial charge in [-0.15, -0.1) is 0 Å². The molecule has 0 saturated carbocycles. The molecule has 2 rings (SSSR count). The topological polar surface area (TPSA) is 60.9 Å². The molecule has 18 heavy (non-hydrogen) atoms. The van der Waals surface area contributed by atoms with Crippen LogP contribution in [0.2, 0.25) is 5.02 Å². The maximum atomic E-state index is 12.3. The Labute approximate surface area is 110 Å². The average Bonchev–Trinajstić information content (AvgIpc) is 2.79. The molecule has 0 fully saturated rings. The van der Waals surface area contributed by atoms with E-state index >= 15 is 0 Å². The number of aromatic nitrogens is 2. The van der Waals surface area contributed by atoms with Gasteiger partial charge in [-0.05, 0) is 12.5 Å². The lowest BCUT2D eigenvalue weighted by molar-refractivity contribution is 0.0951. The molecule has 0 saturated heterocycles. The zero-order valence-corrected chi connectivity index (χ0v) is 10.8. The van der Waals surface area contributed by atoms with Crippen molar-refractivity contribution in [2.75, 3.05) is 0 Å². The van der Waals surface area contributed by atoms with E-state index in [4.69, 9.17) is 17.3 Å². The smallest absolute Gasteiger partial charge is 0.203 e. The quantitative estimate of drug-likeness (QED) is 0.862. The Morgan fingerprint density at radius 2 is 2.11 bits per heavy atom. The van der Waals surface area contributed by atoms with Crippen LogP contribution in [0.15, 0.2) is 36.5 Å². The van der Waals surface area contributed by atoms with E-state index in [1.807, 2.05) is 37.3 Å². The number of carbonyl (C=O) groups excluding carboxylic acids is 1. The third kappa shape index (κ3) is 2.30. The Hall–Kier alpha value is -1.65. The van der Waals surface area contributed by atoms with Gasteiger partial charge in [-0.25, -0.2) is 0 Å². The summed E-state index contributed by atoms with van der Waals surface area (Å²) in [5, 5.41) is 4.38. The summed E-state index contributed by atoms with van der Waals surface area (Å²) in [5.74, 6) is -0.217. The molecule has 2 aromatic rings. The van der Waals surface area contributed by atoms with Crippen molar-refractivity contribution in [2.45, 2.75) is 19.5 Å². The normalized spacial score (nSPS) is 12.4. The van der Waals surface area contributed by atoms with Crippen LogP contribution in [0.5, 0.6) is 0 Å². The van der Waals surface area contributed by atoms with Crippen molar-refractivity contribution in [2.24, 2.45) is 5.73 Å². The first-order valence-corrected chi connectivity index (χ1v) is 6.09. The van der Waals surface area contributed by atoms with Gasteiger partial charge in [0.1, 0.15) is 5.69 Å². The summed E-state index contributed by atoms with van der Waals surface area (Å²) in [6.45, 7) is 2.48. The lowest BCUT2D eigenvalue weighted by Crippen LogP contribution is -2.24. The summed E-state index contributed by atoms with van der Waals surface area (Å²) in [7, 11) is 0. The number of hydrogen-bond donors (Lipinski definition) is 1. The van der Waals surface area contributed by atoms with Crippen molar-refractivity contribution in [1.82, 2.24) is 9.78 Å². The SMILES string of the molecule is CCn1ncc(Cl)c1C(=O)[C@H](N)c1ccccc1. The monoisotopic (exact) mass is 263 g/mol. The van der Waals surface area contributed by atoms with Crippen molar-refractivity contribution in [1.29, 1.82) is 0 Å². The lowest BCUT2D eigenvalue weighted by atomic mass is 10.0. The number of nitrogens with zero attached hydrogens (tertiary/aromatic N) is 2. The van der Waals surface area contributed by atoms with E-state index in [2.05, 4.69) is 5.10 Å². The van der Waals surface area contributed by atoms with Gasteiger partial charge in [0.05, 0.1) is 17.3 Å². The largest absolute Gasteiger partial charge is 0.317 e. The molecule has 4 nitrogen and oxygen atoms in total. The average molecular weight is 264 g/mol. The number of aryl methyl sites for hydroxylation is 1. The van der Waals surface area contributed by atoms with Crippen LogP contribution in [-0.4, -0.2) is 15.6 Å². The van der Waals surface area contributed by atoms with Gasteiger partial charge in [0, 0.05) is 6.54 Å². The number of ketones is 1. The lowest BCUT2D eigenvalue weighted by Gasteiger charge is -2.12. The van der Waals surface area contributed by atoms with Crippen LogP contribution in [0.4, 0.5) is 0 Å². The molecular formula is C13H14ClN3O. The fourth-order valence-electron chi connectivity index (χ4n) is 1.81. The fourth-order valence-corrected chi connectivity index (χ4v) is 2.04. The minimum Gasteiger partial charge on any atom is -0.317 e. The van der Waals surface area contributed by atoms with Gasteiger partial charge in [0.15, 0.2) is 0 Å². The van der Waals surface area contributed by atoms with Crippen molar-refractivity contribution < 1.29 is 4.79 Å². The Bertz CT molecular complexity index is 551. The number of rotatable bonds is 4. The predicted molar refractivity (Wildman–Crippen MR) is 70.6 cm³/mol. The van der Waals surface area contributed by atoms with Crippen LogP contribution >= 0.6 is 11.6 Å². The second-order valence-electron chi connectivity index (χ2n) is 3.91. The van der Waals surface area contributed by atoms with Gasteiger partial charge in [-0.1, -0.05) is 41.9 Å². The first-order chi connectivity index (χ1) is 8.65. The van der Waals surface area contributed by atoms with Gasteiger partial charge in [-0.3, -0.25) is 9.48 Å². The summed E-state index contributed by atoms with van der Waals surface area (Å²) in [6.07, 6.45) is 1.47. The molecule has 0 aliphatic heterocycles. The van der Waals surface area contributed by atoms with Gasteiger partial charge >= 0.3 is 0 Å². The number of hydrogen-bond acceptors (Lipinski definition) is 3. The van der Waals surface area contributed by atoms with Crippen LogP contribution in [0.25, 0.3) is 0 Å². The van der Waals surface area contributed by atoms with E-state index in [1.165, 1.54) is 6.20 Å². The van der Waals surface area contributed by atoms with Crippen LogP contribution in [0, 0.1) is 0 Å². The maximum absolute atomic E-state index is 12.3. The predicted octanol–water partition coefficient (Wildman–Crippen LogP) is 2.44. The minimum absolute atomic E-state index is 0.217. The molecule has 2 N–H and O–H groups in total. The zero-order chi connectivity index (χ0) is 13.1. The summed E-state index contributed by atoms with van der Waals surface area (Å²) in [5.41, 5.74) is 7.11. The molecule has 0 radical (unpaired) electrons. The molecule has 1 atom stereocenters. The molecule has 0 spiro atoms. The summed E-state index contributed by atoms with van der Waals surface area (Å²) >= 11 is 5.99. The van der Waals surface area contributed by atoms with Gasteiger partial charge in [-0.2, -0.15) is 5.10 Å². The number of benzene rings is 1. The molecule has 0 amide bonds. The number of nitrogens with two attached hydrogens (primary N) is 1. The summed E-state index contributed by atoms with van der Waals surface area (Å²) in [6, 6.07) is 8.50. The summed E-state index contributed by atoms with van der Waals surface area (Å²) in [4.78, 5) is 12.3. The highest BCUT2D eigenvalue weighted by Crippen LogP contribution is 2.22. The Morgan fingerprint density at radius 3 is 2.72 bits per heavy atom. The van der Waals surface area contributed by atoms with Crippen molar-refractivity contribution in [3.8, 4) is 0 Å². The zero-order valence-electron chi connectivity index (χ0n) is 10.0. The van der Waals surface area contributed by atoms with Crippen LogP contribution in [0.1, 0.15) is 29.0 Å². The molecule has 5 heteroatoms. The Balaban J connectivity index is 2.34. The Kier molecular flexibility index (Phi) is 3.79. The van der Waals surface area contributed by atoms with Gasteiger partial charge < -0.3 is 5.73 Å². The molecule has 0 aliphatic carbocycles. The van der Waals surface area contributed by atoms with Crippen molar-refractivity contribution in [3.63, 3.8) is 0 Å². The molecule has 1 aromatic heterocycles. The summed E-state index contributed by atoms with van der Waals surface area (Å²) < 4.78 is 1.56. The van der Waals surface area contributed by atoms with Gasteiger partial charge in [0.25, 0.3) is 0 Å². The molecule has 0 bridgehead atoms. The van der Waals surface area contributed by atoms with E-state index in [9.17, 15) is 4.79 Å². The fraction of sp³-hybridized carbons (Fsp3) is 0.231. The van der Waals surface area contributed by atoms with E-state index in [-0.39, 0.29) is 5.78 Å². The van der Waals surface area contributed by atoms with Crippen LogP contribution in [-0.2, 0) is 6.54 Å². The highest BCUT2D eigenvalue weighted by molar-refractivity contribution is 6.33. The Morgan fingerprint density at radius 1 is 1.44 bits per heavy atom. The molecule has 0 aliphatic rings. The van der Waals surface area contributed by atoms with E-state index in [0.717, 1.165) is 5.56 Å². The van der Waals surface area contributed by atoms with E-state index in [1.54, 1.807) is 4.68 Å². The maximum Gasteiger partial charge on any atom is 0.203 e. The first-order valence-electron chi connectivity index (χ1n) is 5.71. The number of carbonyl (C=O) groups is 1. The standard InChI is InChI=1S/C13H14ClN3O/c1-2-17-12(10(14)8-16-17)13(18)11(15)9-6-4-3-5-7-9/h3-8,11H,2,15H2,1H3/t11-/m1/s1. The molecule has 1 heterocycles. The second-order valence-corrected chi connectivity index (χ2v) is 4.32. The molecule has 94 valence electrons. The third-order valence-corrected chi connectivity index (χ3v) is 3.05. The first kappa shape index (κ1) is 12.8. The third-order valence-electron chi connectivity index (χ3n) is 2.77. The molecular weight excluding hydrogens is 250 g/mol. The second kappa shape index (κ2) is 5.33. The van der Waals surface area contributed by atoms with E-state index < -0.39 is 6.04 Å². The van der Waals surface area contributed by atoms with Gasteiger partial charge in [0.2, 0.25) is 5.78 Å². The van der Waals surface area contributed by atoms with Crippen molar-refractivity contribution in [3.05, 3.63) is 52.8 Å². The minimum atomic E-state index is -0.717. The highest BCUT2D eigenvalue weighted by Gasteiger charge is 2.23. The van der Waals surface area contributed by atoms with E-state index in [0.29, 0.717) is 17.3 Å². The molecule has 1 aromatic carbocycles. The van der Waals surface area contributed by atoms with Crippen LogP contribution in [0.3, 0.4) is 0 Å². The number of halogens is 1. The van der Waals surface area contributed by atoms with Crippen molar-refractivity contribution >= 4 is 17.4 Å². The highest BCUT2D eigenvalue weighted by atomic mass is 35.5. The van der Waals surface area contributed by atoms with Crippen LogP contribution < -0.4 is 5.73 Å². The number of Topliss-reactive ketones (excluding diaryl/α,β-unsaturated/α-hetero) is 1. The molecule has 0 unspecified atom stereocenters.